The van der Waals surface area contributed by atoms with Gasteiger partial charge in [-0.25, -0.2) is 4.39 Å². The third-order valence-electron chi connectivity index (χ3n) is 3.79. The minimum Gasteiger partial charge on any atom is -0.369 e. The standard InChI is InChI=1S/C14H17FN2OS/c15-12-7-10(17-9-11(19)8-14(17)18)3-4-13(12)16-5-1-2-6-16/h3-4,7,11,19H,1-2,5-6,8-9H2. The van der Waals surface area contributed by atoms with Gasteiger partial charge in [-0.3, -0.25) is 4.79 Å². The van der Waals surface area contributed by atoms with Crippen molar-refractivity contribution in [2.75, 3.05) is 29.4 Å². The Morgan fingerprint density at radius 3 is 2.58 bits per heavy atom. The molecule has 3 rings (SSSR count). The molecule has 0 radical (unpaired) electrons. The van der Waals surface area contributed by atoms with Gasteiger partial charge < -0.3 is 9.80 Å². The van der Waals surface area contributed by atoms with Crippen molar-refractivity contribution in [3.63, 3.8) is 0 Å². The minimum absolute atomic E-state index is 0.0216. The molecule has 2 saturated heterocycles. The van der Waals surface area contributed by atoms with Crippen molar-refractivity contribution in [1.29, 1.82) is 0 Å². The molecule has 1 unspecified atom stereocenters. The summed E-state index contributed by atoms with van der Waals surface area (Å²) in [6, 6.07) is 5.09. The summed E-state index contributed by atoms with van der Waals surface area (Å²) in [5.41, 5.74) is 1.29. The number of rotatable bonds is 2. The summed E-state index contributed by atoms with van der Waals surface area (Å²) >= 11 is 4.31. The molecule has 1 aromatic rings. The highest BCUT2D eigenvalue weighted by Crippen LogP contribution is 2.30. The van der Waals surface area contributed by atoms with Gasteiger partial charge in [0.15, 0.2) is 0 Å². The summed E-state index contributed by atoms with van der Waals surface area (Å²) in [6.45, 7) is 2.39. The van der Waals surface area contributed by atoms with Crippen LogP contribution in [-0.2, 0) is 4.79 Å². The fourth-order valence-electron chi connectivity index (χ4n) is 2.82. The van der Waals surface area contributed by atoms with Crippen LogP contribution in [0.15, 0.2) is 18.2 Å². The van der Waals surface area contributed by atoms with Crippen LogP contribution < -0.4 is 9.80 Å². The maximum Gasteiger partial charge on any atom is 0.228 e. The smallest absolute Gasteiger partial charge is 0.228 e. The monoisotopic (exact) mass is 280 g/mol. The van der Waals surface area contributed by atoms with E-state index in [1.165, 1.54) is 6.07 Å². The van der Waals surface area contributed by atoms with Gasteiger partial charge >= 0.3 is 0 Å². The zero-order chi connectivity index (χ0) is 13.4. The van der Waals surface area contributed by atoms with Crippen LogP contribution in [0.4, 0.5) is 15.8 Å². The zero-order valence-corrected chi connectivity index (χ0v) is 11.6. The SMILES string of the molecule is O=C1CC(S)CN1c1ccc(N2CCCC2)c(F)c1. The number of amides is 1. The number of thiol groups is 1. The molecule has 1 atom stereocenters. The molecule has 0 spiro atoms. The molecule has 3 nitrogen and oxygen atoms in total. The Morgan fingerprint density at radius 2 is 2.00 bits per heavy atom. The Balaban J connectivity index is 1.85. The molecule has 19 heavy (non-hydrogen) atoms. The molecule has 102 valence electrons. The largest absolute Gasteiger partial charge is 0.369 e. The van der Waals surface area contributed by atoms with Crippen LogP contribution in [0.25, 0.3) is 0 Å². The van der Waals surface area contributed by atoms with Gasteiger partial charge in [0.1, 0.15) is 5.82 Å². The van der Waals surface area contributed by atoms with E-state index in [2.05, 4.69) is 17.5 Å². The number of hydrogen-bond acceptors (Lipinski definition) is 3. The van der Waals surface area contributed by atoms with E-state index in [9.17, 15) is 9.18 Å². The normalized spacial score (nSPS) is 23.5. The highest BCUT2D eigenvalue weighted by molar-refractivity contribution is 7.81. The van der Waals surface area contributed by atoms with E-state index < -0.39 is 0 Å². The number of halogens is 1. The van der Waals surface area contributed by atoms with Gasteiger partial charge in [0.05, 0.1) is 5.69 Å². The molecule has 5 heteroatoms. The van der Waals surface area contributed by atoms with Gasteiger partial charge in [-0.1, -0.05) is 0 Å². The van der Waals surface area contributed by atoms with Crippen molar-refractivity contribution in [3.05, 3.63) is 24.0 Å². The van der Waals surface area contributed by atoms with Crippen molar-refractivity contribution in [3.8, 4) is 0 Å². The van der Waals surface area contributed by atoms with Crippen LogP contribution in [-0.4, -0.2) is 30.8 Å². The Labute approximate surface area is 117 Å². The van der Waals surface area contributed by atoms with Crippen LogP contribution in [0.5, 0.6) is 0 Å². The lowest BCUT2D eigenvalue weighted by molar-refractivity contribution is -0.117. The van der Waals surface area contributed by atoms with E-state index in [0.717, 1.165) is 25.9 Å². The highest BCUT2D eigenvalue weighted by Gasteiger charge is 2.29. The minimum atomic E-state index is -0.241. The third-order valence-corrected chi connectivity index (χ3v) is 4.14. The summed E-state index contributed by atoms with van der Waals surface area (Å²) < 4.78 is 14.2. The van der Waals surface area contributed by atoms with E-state index in [1.54, 1.807) is 11.0 Å². The number of anilines is 2. The molecule has 1 amide bonds. The maximum atomic E-state index is 14.2. The van der Waals surface area contributed by atoms with Crippen LogP contribution in [0.2, 0.25) is 0 Å². The van der Waals surface area contributed by atoms with E-state index in [1.807, 2.05) is 6.07 Å². The molecule has 2 aliphatic rings. The molecule has 2 aliphatic heterocycles. The van der Waals surface area contributed by atoms with Crippen LogP contribution in [0.1, 0.15) is 19.3 Å². The van der Waals surface area contributed by atoms with E-state index >= 15 is 0 Å². The lowest BCUT2D eigenvalue weighted by atomic mass is 10.2. The highest BCUT2D eigenvalue weighted by atomic mass is 32.1. The van der Waals surface area contributed by atoms with Crippen molar-refractivity contribution in [2.45, 2.75) is 24.5 Å². The molecule has 0 saturated carbocycles. The number of hydrogen-bond donors (Lipinski definition) is 1. The van der Waals surface area contributed by atoms with E-state index in [0.29, 0.717) is 24.3 Å². The molecule has 2 heterocycles. The molecule has 2 fully saturated rings. The van der Waals surface area contributed by atoms with Gasteiger partial charge in [-0.15, -0.1) is 0 Å². The van der Waals surface area contributed by atoms with Gasteiger partial charge in [-0.2, -0.15) is 12.6 Å². The predicted octanol–water partition coefficient (Wildman–Crippen LogP) is 2.46. The second-order valence-electron chi connectivity index (χ2n) is 5.19. The summed E-state index contributed by atoms with van der Waals surface area (Å²) in [5, 5.41) is 0.0498. The average Bonchev–Trinajstić information content (AvgIpc) is 2.99. The Kier molecular flexibility index (Phi) is 3.39. The molecule has 0 aromatic heterocycles. The van der Waals surface area contributed by atoms with Crippen LogP contribution in [0.3, 0.4) is 0 Å². The number of nitrogens with zero attached hydrogens (tertiary/aromatic N) is 2. The quantitative estimate of drug-likeness (QED) is 0.841. The topological polar surface area (TPSA) is 23.6 Å². The Bertz CT molecular complexity index is 502. The number of carbonyl (C=O) groups is 1. The van der Waals surface area contributed by atoms with Crippen molar-refractivity contribution >= 4 is 29.9 Å². The second-order valence-corrected chi connectivity index (χ2v) is 5.92. The van der Waals surface area contributed by atoms with Gasteiger partial charge in [0.2, 0.25) is 5.91 Å². The van der Waals surface area contributed by atoms with Gasteiger partial charge in [0.25, 0.3) is 0 Å². The lowest BCUT2D eigenvalue weighted by Gasteiger charge is -2.21. The van der Waals surface area contributed by atoms with Gasteiger partial charge in [0, 0.05) is 37.0 Å². The molecule has 1 aromatic carbocycles. The number of benzene rings is 1. The fourth-order valence-corrected chi connectivity index (χ4v) is 3.14. The molecular formula is C14H17FN2OS. The van der Waals surface area contributed by atoms with Gasteiger partial charge in [-0.05, 0) is 31.0 Å². The average molecular weight is 280 g/mol. The fraction of sp³-hybridized carbons (Fsp3) is 0.500. The summed E-state index contributed by atoms with van der Waals surface area (Å²) in [4.78, 5) is 15.5. The molecular weight excluding hydrogens is 263 g/mol. The predicted molar refractivity (Wildman–Crippen MR) is 77.6 cm³/mol. The van der Waals surface area contributed by atoms with E-state index in [-0.39, 0.29) is 17.0 Å². The molecule has 0 N–H and O–H groups in total. The summed E-state index contributed by atoms with van der Waals surface area (Å²) in [5.74, 6) is -0.219. The third kappa shape index (κ3) is 2.43. The maximum absolute atomic E-state index is 14.2. The second kappa shape index (κ2) is 5.04. The van der Waals surface area contributed by atoms with Crippen molar-refractivity contribution in [2.24, 2.45) is 0 Å². The first kappa shape index (κ1) is 12.8. The summed E-state index contributed by atoms with van der Waals surface area (Å²) in [6.07, 6.45) is 2.67. The molecule has 0 bridgehead atoms. The number of carbonyl (C=O) groups excluding carboxylic acids is 1. The van der Waals surface area contributed by atoms with Crippen molar-refractivity contribution in [1.82, 2.24) is 0 Å². The lowest BCUT2D eigenvalue weighted by Crippen LogP contribution is -2.25. The van der Waals surface area contributed by atoms with Crippen molar-refractivity contribution < 1.29 is 9.18 Å². The van der Waals surface area contributed by atoms with Crippen LogP contribution in [0, 0.1) is 5.82 Å². The molecule has 0 aliphatic carbocycles. The van der Waals surface area contributed by atoms with E-state index in [4.69, 9.17) is 0 Å². The first-order chi connectivity index (χ1) is 9.15. The first-order valence-corrected chi connectivity index (χ1v) is 7.20. The Hall–Kier alpha value is -1.23. The Morgan fingerprint density at radius 1 is 1.26 bits per heavy atom. The zero-order valence-electron chi connectivity index (χ0n) is 10.7. The summed E-state index contributed by atoms with van der Waals surface area (Å²) in [7, 11) is 0. The van der Waals surface area contributed by atoms with Crippen LogP contribution >= 0.6 is 12.6 Å². The first-order valence-electron chi connectivity index (χ1n) is 6.68.